The maximum atomic E-state index is 12.1. The summed E-state index contributed by atoms with van der Waals surface area (Å²) in [5.74, 6) is -0.643. The summed E-state index contributed by atoms with van der Waals surface area (Å²) < 4.78 is 2.86. The molecular formula is C17H17N7O4. The predicted octanol–water partition coefficient (Wildman–Crippen LogP) is 1.81. The second-order valence-corrected chi connectivity index (χ2v) is 5.93. The van der Waals surface area contributed by atoms with Crippen LogP contribution in [0.15, 0.2) is 48.9 Å². The Kier molecular flexibility index (Phi) is 5.44. The lowest BCUT2D eigenvalue weighted by molar-refractivity contribution is -0.385. The number of nitrogens with one attached hydrogen (secondary N) is 2. The molecule has 11 heteroatoms. The van der Waals surface area contributed by atoms with Crippen molar-refractivity contribution in [1.29, 1.82) is 0 Å². The topological polar surface area (TPSA) is 137 Å². The monoisotopic (exact) mass is 383 g/mol. The Morgan fingerprint density at radius 1 is 1.21 bits per heavy atom. The van der Waals surface area contributed by atoms with Gasteiger partial charge in [-0.25, -0.2) is 0 Å². The third-order valence-corrected chi connectivity index (χ3v) is 3.75. The van der Waals surface area contributed by atoms with Gasteiger partial charge in [-0.3, -0.25) is 29.1 Å². The minimum atomic E-state index is -0.547. The summed E-state index contributed by atoms with van der Waals surface area (Å²) in [4.78, 5) is 34.3. The van der Waals surface area contributed by atoms with E-state index < -0.39 is 4.92 Å². The van der Waals surface area contributed by atoms with E-state index in [1.165, 1.54) is 15.6 Å². The lowest BCUT2D eigenvalue weighted by Gasteiger charge is -2.08. The highest BCUT2D eigenvalue weighted by molar-refractivity contribution is 6.03. The summed E-state index contributed by atoms with van der Waals surface area (Å²) in [5.41, 5.74) is 1.17. The molecule has 0 saturated carbocycles. The number of hydrogen-bond acceptors (Lipinski definition) is 6. The van der Waals surface area contributed by atoms with Gasteiger partial charge in [0.2, 0.25) is 5.91 Å². The molecular weight excluding hydrogens is 366 g/mol. The van der Waals surface area contributed by atoms with E-state index in [1.54, 1.807) is 43.6 Å². The molecule has 28 heavy (non-hydrogen) atoms. The van der Waals surface area contributed by atoms with E-state index in [-0.39, 0.29) is 36.2 Å². The first-order valence-corrected chi connectivity index (χ1v) is 8.28. The molecule has 0 saturated heterocycles. The summed E-state index contributed by atoms with van der Waals surface area (Å²) in [6, 6.07) is 8.30. The SMILES string of the molecule is Cn1ccc(C(=O)Nc2cccc(NC(=O)CCn3cc([N+](=O)[O-])cn3)c2)n1. The van der Waals surface area contributed by atoms with Crippen LogP contribution in [0.5, 0.6) is 0 Å². The van der Waals surface area contributed by atoms with E-state index >= 15 is 0 Å². The van der Waals surface area contributed by atoms with Gasteiger partial charge in [-0.05, 0) is 24.3 Å². The van der Waals surface area contributed by atoms with Crippen molar-refractivity contribution < 1.29 is 14.5 Å². The average Bonchev–Trinajstić information content (AvgIpc) is 3.29. The Morgan fingerprint density at radius 3 is 2.61 bits per heavy atom. The summed E-state index contributed by atoms with van der Waals surface area (Å²) in [6.45, 7) is 0.204. The second-order valence-electron chi connectivity index (χ2n) is 5.93. The van der Waals surface area contributed by atoms with Crippen LogP contribution in [0.4, 0.5) is 17.1 Å². The van der Waals surface area contributed by atoms with Gasteiger partial charge in [-0.15, -0.1) is 0 Å². The first-order chi connectivity index (χ1) is 13.4. The van der Waals surface area contributed by atoms with Crippen LogP contribution < -0.4 is 10.6 Å². The van der Waals surface area contributed by atoms with Crippen LogP contribution in [0.1, 0.15) is 16.9 Å². The van der Waals surface area contributed by atoms with Crippen molar-refractivity contribution in [3.05, 3.63) is 64.7 Å². The van der Waals surface area contributed by atoms with Crippen molar-refractivity contribution in [2.45, 2.75) is 13.0 Å². The van der Waals surface area contributed by atoms with E-state index in [0.29, 0.717) is 11.4 Å². The molecule has 3 rings (SSSR count). The van der Waals surface area contributed by atoms with Crippen LogP contribution in [-0.4, -0.2) is 36.3 Å². The number of aryl methyl sites for hydroxylation is 2. The lowest BCUT2D eigenvalue weighted by atomic mass is 10.2. The number of carbonyl (C=O) groups is 2. The van der Waals surface area contributed by atoms with Gasteiger partial charge in [-0.1, -0.05) is 6.07 Å². The quantitative estimate of drug-likeness (QED) is 0.471. The highest BCUT2D eigenvalue weighted by Crippen LogP contribution is 2.16. The third-order valence-electron chi connectivity index (χ3n) is 3.75. The van der Waals surface area contributed by atoms with Crippen molar-refractivity contribution in [2.24, 2.45) is 7.05 Å². The Bertz CT molecular complexity index is 1020. The maximum absolute atomic E-state index is 12.1. The molecule has 3 aromatic rings. The molecule has 0 radical (unpaired) electrons. The second kappa shape index (κ2) is 8.12. The summed E-state index contributed by atoms with van der Waals surface area (Å²) in [6.07, 6.45) is 4.15. The zero-order valence-electron chi connectivity index (χ0n) is 14.9. The van der Waals surface area contributed by atoms with Crippen molar-refractivity contribution in [1.82, 2.24) is 19.6 Å². The molecule has 2 heterocycles. The highest BCUT2D eigenvalue weighted by Gasteiger charge is 2.11. The van der Waals surface area contributed by atoms with Crippen LogP contribution >= 0.6 is 0 Å². The molecule has 2 aromatic heterocycles. The fraction of sp³-hybridized carbons (Fsp3) is 0.176. The number of amides is 2. The van der Waals surface area contributed by atoms with Gasteiger partial charge in [-0.2, -0.15) is 10.2 Å². The molecule has 0 spiro atoms. The number of carbonyl (C=O) groups excluding carboxylic acids is 2. The zero-order valence-corrected chi connectivity index (χ0v) is 14.9. The van der Waals surface area contributed by atoms with E-state index in [1.807, 2.05) is 0 Å². The molecule has 0 aliphatic heterocycles. The Hall–Kier alpha value is -4.02. The van der Waals surface area contributed by atoms with Crippen LogP contribution in [0.3, 0.4) is 0 Å². The van der Waals surface area contributed by atoms with Crippen LogP contribution in [0, 0.1) is 10.1 Å². The minimum Gasteiger partial charge on any atom is -0.326 e. The van der Waals surface area contributed by atoms with Crippen molar-refractivity contribution >= 4 is 28.9 Å². The Balaban J connectivity index is 1.55. The number of anilines is 2. The zero-order chi connectivity index (χ0) is 20.1. The van der Waals surface area contributed by atoms with Crippen molar-refractivity contribution in [3.8, 4) is 0 Å². The van der Waals surface area contributed by atoms with Crippen LogP contribution in [0.25, 0.3) is 0 Å². The minimum absolute atomic E-state index is 0.0867. The smallest absolute Gasteiger partial charge is 0.306 e. The average molecular weight is 383 g/mol. The van der Waals surface area contributed by atoms with Crippen molar-refractivity contribution in [3.63, 3.8) is 0 Å². The number of hydrogen-bond donors (Lipinski definition) is 2. The molecule has 1 aromatic carbocycles. The number of aromatic nitrogens is 4. The fourth-order valence-electron chi connectivity index (χ4n) is 2.41. The largest absolute Gasteiger partial charge is 0.326 e. The maximum Gasteiger partial charge on any atom is 0.306 e. The molecule has 0 aliphatic rings. The van der Waals surface area contributed by atoms with Gasteiger partial charge >= 0.3 is 5.69 Å². The van der Waals surface area contributed by atoms with Gasteiger partial charge in [0.05, 0.1) is 4.92 Å². The number of benzene rings is 1. The first-order valence-electron chi connectivity index (χ1n) is 8.28. The van der Waals surface area contributed by atoms with Crippen molar-refractivity contribution in [2.75, 3.05) is 10.6 Å². The van der Waals surface area contributed by atoms with Crippen LogP contribution in [-0.2, 0) is 18.4 Å². The Labute approximate surface area is 159 Å². The normalized spacial score (nSPS) is 10.5. The standard InChI is InChI=1S/C17H17N7O4/c1-22-7-5-15(21-22)17(26)20-13-4-2-3-12(9-13)19-16(25)6-8-23-11-14(10-18-23)24(27)28/h2-5,7,9-11H,6,8H2,1H3,(H,19,25)(H,20,26). The molecule has 0 bridgehead atoms. The Morgan fingerprint density at radius 2 is 1.96 bits per heavy atom. The first kappa shape index (κ1) is 18.8. The molecule has 0 unspecified atom stereocenters. The highest BCUT2D eigenvalue weighted by atomic mass is 16.6. The lowest BCUT2D eigenvalue weighted by Crippen LogP contribution is -2.16. The van der Waals surface area contributed by atoms with Crippen LogP contribution in [0.2, 0.25) is 0 Å². The number of rotatable bonds is 7. The number of nitrogens with zero attached hydrogens (tertiary/aromatic N) is 5. The molecule has 2 amide bonds. The molecule has 0 fully saturated rings. The van der Waals surface area contributed by atoms with E-state index in [4.69, 9.17) is 0 Å². The third kappa shape index (κ3) is 4.78. The predicted molar refractivity (Wildman–Crippen MR) is 99.7 cm³/mol. The van der Waals surface area contributed by atoms with E-state index in [9.17, 15) is 19.7 Å². The van der Waals surface area contributed by atoms with Gasteiger partial charge in [0, 0.05) is 37.6 Å². The molecule has 0 aliphatic carbocycles. The molecule has 2 N–H and O–H groups in total. The van der Waals surface area contributed by atoms with Gasteiger partial charge in [0.15, 0.2) is 5.69 Å². The number of nitro groups is 1. The summed E-state index contributed by atoms with van der Waals surface area (Å²) in [7, 11) is 1.72. The molecule has 11 nitrogen and oxygen atoms in total. The fourth-order valence-corrected chi connectivity index (χ4v) is 2.41. The summed E-state index contributed by atoms with van der Waals surface area (Å²) >= 11 is 0. The van der Waals surface area contributed by atoms with E-state index in [0.717, 1.165) is 6.20 Å². The van der Waals surface area contributed by atoms with Gasteiger partial charge in [0.25, 0.3) is 5.91 Å². The summed E-state index contributed by atoms with van der Waals surface area (Å²) in [5, 5.41) is 23.9. The van der Waals surface area contributed by atoms with Gasteiger partial charge in [0.1, 0.15) is 12.4 Å². The molecule has 0 atom stereocenters. The van der Waals surface area contributed by atoms with Gasteiger partial charge < -0.3 is 10.6 Å². The van der Waals surface area contributed by atoms with E-state index in [2.05, 4.69) is 20.8 Å². The molecule has 144 valence electrons.